The Hall–Kier alpha value is -2.70. The molecular formula is C16H19N5O2. The average molecular weight is 313 g/mol. The number of piperidine rings is 1. The van der Waals surface area contributed by atoms with Gasteiger partial charge in [-0.15, -0.1) is 10.2 Å². The minimum atomic E-state index is -0.376. The number of rotatable bonds is 3. The maximum absolute atomic E-state index is 12.7. The molecule has 7 nitrogen and oxygen atoms in total. The third kappa shape index (κ3) is 3.08. The summed E-state index contributed by atoms with van der Waals surface area (Å²) in [6, 6.07) is 6.85. The van der Waals surface area contributed by atoms with Crippen molar-refractivity contribution in [2.24, 2.45) is 0 Å². The predicted molar refractivity (Wildman–Crippen MR) is 84.1 cm³/mol. The van der Waals surface area contributed by atoms with Crippen molar-refractivity contribution in [1.29, 1.82) is 0 Å². The van der Waals surface area contributed by atoms with Gasteiger partial charge in [0.2, 0.25) is 5.91 Å². The number of aromatic nitrogens is 3. The highest BCUT2D eigenvalue weighted by atomic mass is 16.2. The predicted octanol–water partition coefficient (Wildman–Crippen LogP) is 1.01. The standard InChI is InChI=1S/C16H19N5O2/c1-17-15(22)14-4-2-3-9-21(14)16(23)12-5-7-13(8-6-12)20-10-18-19-11-20/h5-8,10-11,14H,2-4,9H2,1H3,(H,17,22). The highest BCUT2D eigenvalue weighted by Crippen LogP contribution is 2.20. The summed E-state index contributed by atoms with van der Waals surface area (Å²) in [6.07, 6.45) is 5.81. The van der Waals surface area contributed by atoms with Gasteiger partial charge in [0.1, 0.15) is 18.7 Å². The van der Waals surface area contributed by atoms with Crippen molar-refractivity contribution in [2.45, 2.75) is 25.3 Å². The minimum Gasteiger partial charge on any atom is -0.357 e. The Labute approximate surface area is 134 Å². The third-order valence-electron chi connectivity index (χ3n) is 4.14. The molecule has 2 aromatic rings. The lowest BCUT2D eigenvalue weighted by atomic mass is 10.00. The number of hydrogen-bond donors (Lipinski definition) is 1. The van der Waals surface area contributed by atoms with Crippen molar-refractivity contribution in [2.75, 3.05) is 13.6 Å². The summed E-state index contributed by atoms with van der Waals surface area (Å²) in [5.41, 5.74) is 1.46. The molecule has 1 saturated heterocycles. The Morgan fingerprint density at radius 3 is 2.48 bits per heavy atom. The summed E-state index contributed by atoms with van der Waals surface area (Å²) in [4.78, 5) is 26.4. The van der Waals surface area contributed by atoms with Gasteiger partial charge in [-0.05, 0) is 43.5 Å². The Morgan fingerprint density at radius 1 is 1.13 bits per heavy atom. The van der Waals surface area contributed by atoms with Gasteiger partial charge in [-0.2, -0.15) is 0 Å². The fourth-order valence-electron chi connectivity index (χ4n) is 2.89. The molecule has 1 aromatic heterocycles. The van der Waals surface area contributed by atoms with Crippen LogP contribution < -0.4 is 5.32 Å². The van der Waals surface area contributed by atoms with E-state index in [4.69, 9.17) is 0 Å². The van der Waals surface area contributed by atoms with Crippen molar-refractivity contribution < 1.29 is 9.59 Å². The molecule has 0 saturated carbocycles. The van der Waals surface area contributed by atoms with Crippen LogP contribution in [-0.4, -0.2) is 51.1 Å². The van der Waals surface area contributed by atoms with E-state index in [1.807, 2.05) is 12.1 Å². The molecule has 7 heteroatoms. The lowest BCUT2D eigenvalue weighted by Crippen LogP contribution is -2.51. The summed E-state index contributed by atoms with van der Waals surface area (Å²) in [6.45, 7) is 0.615. The van der Waals surface area contributed by atoms with E-state index in [9.17, 15) is 9.59 Å². The van der Waals surface area contributed by atoms with Crippen LogP contribution in [0.3, 0.4) is 0 Å². The Morgan fingerprint density at radius 2 is 1.83 bits per heavy atom. The van der Waals surface area contributed by atoms with Crippen molar-refractivity contribution in [1.82, 2.24) is 25.0 Å². The Bertz CT molecular complexity index is 681. The first-order valence-corrected chi connectivity index (χ1v) is 7.68. The van der Waals surface area contributed by atoms with E-state index in [2.05, 4.69) is 15.5 Å². The number of nitrogens with zero attached hydrogens (tertiary/aromatic N) is 4. The Balaban J connectivity index is 1.80. The molecule has 1 unspecified atom stereocenters. The van der Waals surface area contributed by atoms with Crippen LogP contribution in [0.2, 0.25) is 0 Å². The molecule has 2 heterocycles. The number of likely N-dealkylation sites (N-methyl/N-ethyl adjacent to an activating group) is 1. The lowest BCUT2D eigenvalue weighted by Gasteiger charge is -2.34. The van der Waals surface area contributed by atoms with Crippen molar-refractivity contribution in [3.63, 3.8) is 0 Å². The van der Waals surface area contributed by atoms with Crippen LogP contribution in [0.1, 0.15) is 29.6 Å². The topological polar surface area (TPSA) is 80.1 Å². The largest absolute Gasteiger partial charge is 0.357 e. The van der Waals surface area contributed by atoms with E-state index < -0.39 is 0 Å². The first-order chi connectivity index (χ1) is 11.2. The molecule has 1 aliphatic rings. The molecule has 23 heavy (non-hydrogen) atoms. The van der Waals surface area contributed by atoms with Crippen LogP contribution in [0.4, 0.5) is 0 Å². The number of amides is 2. The van der Waals surface area contributed by atoms with E-state index in [1.165, 1.54) is 0 Å². The zero-order valence-corrected chi connectivity index (χ0v) is 13.0. The number of carbonyl (C=O) groups is 2. The van der Waals surface area contributed by atoms with Crippen LogP contribution in [0.25, 0.3) is 5.69 Å². The molecule has 120 valence electrons. The maximum atomic E-state index is 12.7. The Kier molecular flexibility index (Phi) is 4.36. The van der Waals surface area contributed by atoms with Gasteiger partial charge in [0, 0.05) is 24.8 Å². The normalized spacial score (nSPS) is 17.8. The smallest absolute Gasteiger partial charge is 0.254 e. The van der Waals surface area contributed by atoms with Crippen molar-refractivity contribution in [3.8, 4) is 5.69 Å². The molecule has 1 N–H and O–H groups in total. The molecule has 0 bridgehead atoms. The SMILES string of the molecule is CNC(=O)C1CCCCN1C(=O)c1ccc(-n2cnnc2)cc1. The third-order valence-corrected chi connectivity index (χ3v) is 4.14. The number of hydrogen-bond acceptors (Lipinski definition) is 4. The van der Waals surface area contributed by atoms with Gasteiger partial charge < -0.3 is 10.2 Å². The van der Waals surface area contributed by atoms with Gasteiger partial charge in [0.15, 0.2) is 0 Å². The molecule has 1 atom stereocenters. The zero-order valence-electron chi connectivity index (χ0n) is 13.0. The first-order valence-electron chi connectivity index (χ1n) is 7.68. The molecule has 1 aromatic carbocycles. The van der Waals surface area contributed by atoms with Crippen molar-refractivity contribution in [3.05, 3.63) is 42.5 Å². The van der Waals surface area contributed by atoms with Gasteiger partial charge >= 0.3 is 0 Å². The summed E-state index contributed by atoms with van der Waals surface area (Å²) >= 11 is 0. The lowest BCUT2D eigenvalue weighted by molar-refractivity contribution is -0.126. The van der Waals surface area contributed by atoms with Crippen LogP contribution in [0.15, 0.2) is 36.9 Å². The quantitative estimate of drug-likeness (QED) is 0.917. The molecule has 3 rings (SSSR count). The fourth-order valence-corrected chi connectivity index (χ4v) is 2.89. The second-order valence-electron chi connectivity index (χ2n) is 5.54. The number of benzene rings is 1. The van der Waals surface area contributed by atoms with Crippen LogP contribution in [0, 0.1) is 0 Å². The second kappa shape index (κ2) is 6.60. The van der Waals surface area contributed by atoms with Gasteiger partial charge in [0.05, 0.1) is 0 Å². The van der Waals surface area contributed by atoms with E-state index in [1.54, 1.807) is 41.3 Å². The second-order valence-corrected chi connectivity index (χ2v) is 5.54. The highest BCUT2D eigenvalue weighted by Gasteiger charge is 2.31. The summed E-state index contributed by atoms with van der Waals surface area (Å²) in [7, 11) is 1.60. The molecule has 2 amide bonds. The van der Waals surface area contributed by atoms with Crippen molar-refractivity contribution >= 4 is 11.8 Å². The molecule has 0 radical (unpaired) electrons. The molecule has 0 aliphatic carbocycles. The van der Waals surface area contributed by atoms with Crippen LogP contribution in [-0.2, 0) is 4.79 Å². The molecule has 1 aliphatic heterocycles. The number of carbonyl (C=O) groups excluding carboxylic acids is 2. The van der Waals surface area contributed by atoms with Gasteiger partial charge in [0.25, 0.3) is 5.91 Å². The summed E-state index contributed by atoms with van der Waals surface area (Å²) in [5.74, 6) is -0.201. The fraction of sp³-hybridized carbons (Fsp3) is 0.375. The van der Waals surface area contributed by atoms with E-state index >= 15 is 0 Å². The maximum Gasteiger partial charge on any atom is 0.254 e. The zero-order chi connectivity index (χ0) is 16.2. The van der Waals surface area contributed by atoms with E-state index in [0.29, 0.717) is 18.5 Å². The molecule has 1 fully saturated rings. The average Bonchev–Trinajstić information content (AvgIpc) is 3.15. The minimum absolute atomic E-state index is 0.0980. The van der Waals surface area contributed by atoms with E-state index in [0.717, 1.165) is 18.5 Å². The van der Waals surface area contributed by atoms with Crippen LogP contribution >= 0.6 is 0 Å². The first kappa shape index (κ1) is 15.2. The van der Waals surface area contributed by atoms with Gasteiger partial charge in [-0.3, -0.25) is 14.2 Å². The van der Waals surface area contributed by atoms with Gasteiger partial charge in [-0.1, -0.05) is 0 Å². The van der Waals surface area contributed by atoms with Gasteiger partial charge in [-0.25, -0.2) is 0 Å². The highest BCUT2D eigenvalue weighted by molar-refractivity contribution is 5.97. The summed E-state index contributed by atoms with van der Waals surface area (Å²) < 4.78 is 1.77. The molecular weight excluding hydrogens is 294 g/mol. The van der Waals surface area contributed by atoms with E-state index in [-0.39, 0.29) is 17.9 Å². The number of nitrogens with one attached hydrogen (secondary N) is 1. The van der Waals surface area contributed by atoms with Crippen LogP contribution in [0.5, 0.6) is 0 Å². The monoisotopic (exact) mass is 313 g/mol. The molecule has 0 spiro atoms. The summed E-state index contributed by atoms with van der Waals surface area (Å²) in [5, 5.41) is 10.2. The number of likely N-dealkylation sites (tertiary alicyclic amines) is 1.